The normalized spacial score (nSPS) is 10.8. The van der Waals surface area contributed by atoms with Crippen molar-refractivity contribution in [3.05, 3.63) is 53.9 Å². The van der Waals surface area contributed by atoms with Crippen molar-refractivity contribution < 1.29 is 9.53 Å². The van der Waals surface area contributed by atoms with Crippen LogP contribution in [0.4, 0.5) is 0 Å². The lowest BCUT2D eigenvalue weighted by atomic mass is 10.2. The summed E-state index contributed by atoms with van der Waals surface area (Å²) in [4.78, 5) is 19.6. The molecular weight excluding hydrogens is 469 g/mol. The Balaban J connectivity index is 0.00000392. The van der Waals surface area contributed by atoms with Crippen LogP contribution < -0.4 is 10.1 Å². The molecule has 0 spiro atoms. The number of ether oxygens (including phenoxy) is 1. The molecule has 28 heavy (non-hydrogen) atoms. The number of hydrogen-bond acceptors (Lipinski definition) is 3. The average molecular weight is 499 g/mol. The fraction of sp³-hybridized carbons (Fsp3) is 0.400. The lowest BCUT2D eigenvalue weighted by Gasteiger charge is -2.22. The van der Waals surface area contributed by atoms with Gasteiger partial charge in [-0.05, 0) is 29.8 Å². The summed E-state index contributed by atoms with van der Waals surface area (Å²) < 4.78 is 7.67. The number of halogens is 1. The molecule has 0 radical (unpaired) electrons. The van der Waals surface area contributed by atoms with E-state index in [1.165, 1.54) is 10.6 Å². The minimum atomic E-state index is -0.0683. The van der Waals surface area contributed by atoms with Crippen molar-refractivity contribution in [2.45, 2.75) is 13.1 Å². The van der Waals surface area contributed by atoms with Crippen molar-refractivity contribution in [2.24, 2.45) is 12.0 Å². The number of hydrogen-bond donors (Lipinski definition) is 1. The van der Waals surface area contributed by atoms with E-state index in [4.69, 9.17) is 4.74 Å². The van der Waals surface area contributed by atoms with Crippen LogP contribution >= 0.6 is 24.0 Å². The largest absolute Gasteiger partial charge is 0.484 e. The molecular formula is C20H30IN5O2. The number of likely N-dealkylation sites (N-methyl/N-ethyl adjacent to an activating group) is 1. The van der Waals surface area contributed by atoms with Crippen LogP contribution in [0.15, 0.2) is 47.6 Å². The Morgan fingerprint density at radius 2 is 1.96 bits per heavy atom. The molecule has 8 heteroatoms. The molecule has 154 valence electrons. The van der Waals surface area contributed by atoms with Crippen LogP contribution in [0.5, 0.6) is 5.75 Å². The van der Waals surface area contributed by atoms with Gasteiger partial charge in [-0.1, -0.05) is 12.1 Å². The van der Waals surface area contributed by atoms with Crippen molar-refractivity contribution in [3.8, 4) is 5.75 Å². The molecule has 1 amide bonds. The maximum atomic E-state index is 11.6. The second kappa shape index (κ2) is 11.6. The van der Waals surface area contributed by atoms with Gasteiger partial charge in [0.2, 0.25) is 0 Å². The monoisotopic (exact) mass is 499 g/mol. The Kier molecular flexibility index (Phi) is 9.84. The first kappa shape index (κ1) is 23.8. The number of amides is 1. The van der Waals surface area contributed by atoms with Crippen LogP contribution in [0.1, 0.15) is 11.3 Å². The lowest BCUT2D eigenvalue weighted by molar-refractivity contribution is -0.130. The van der Waals surface area contributed by atoms with E-state index in [2.05, 4.69) is 25.8 Å². The Hall–Kier alpha value is -2.23. The highest BCUT2D eigenvalue weighted by Gasteiger charge is 2.09. The molecule has 0 fully saturated rings. The van der Waals surface area contributed by atoms with Crippen LogP contribution in [0.3, 0.4) is 0 Å². The van der Waals surface area contributed by atoms with Gasteiger partial charge in [-0.25, -0.2) is 0 Å². The second-order valence-electron chi connectivity index (χ2n) is 6.59. The van der Waals surface area contributed by atoms with Gasteiger partial charge in [0.25, 0.3) is 5.91 Å². The fourth-order valence-electron chi connectivity index (χ4n) is 2.56. The highest BCUT2D eigenvalue weighted by molar-refractivity contribution is 14.0. The van der Waals surface area contributed by atoms with E-state index in [0.717, 1.165) is 18.1 Å². The van der Waals surface area contributed by atoms with Gasteiger partial charge in [-0.15, -0.1) is 24.0 Å². The van der Waals surface area contributed by atoms with E-state index in [0.29, 0.717) is 12.3 Å². The van der Waals surface area contributed by atoms with E-state index >= 15 is 0 Å². The quantitative estimate of drug-likeness (QED) is 0.361. The van der Waals surface area contributed by atoms with Crippen molar-refractivity contribution in [3.63, 3.8) is 0 Å². The fourth-order valence-corrected chi connectivity index (χ4v) is 2.56. The maximum Gasteiger partial charge on any atom is 0.259 e. The number of nitrogens with one attached hydrogen (secondary N) is 1. The lowest BCUT2D eigenvalue weighted by Crippen LogP contribution is -2.38. The molecule has 0 saturated heterocycles. The molecule has 0 atom stereocenters. The first-order chi connectivity index (χ1) is 12.9. The summed E-state index contributed by atoms with van der Waals surface area (Å²) in [5, 5.41) is 3.36. The molecule has 1 aromatic heterocycles. The minimum Gasteiger partial charge on any atom is -0.484 e. The molecule has 0 unspecified atom stereocenters. The maximum absolute atomic E-state index is 11.6. The van der Waals surface area contributed by atoms with Gasteiger partial charge in [0.15, 0.2) is 12.6 Å². The number of nitrogens with zero attached hydrogens (tertiary/aromatic N) is 4. The number of rotatable bonds is 7. The zero-order valence-electron chi connectivity index (χ0n) is 17.2. The first-order valence-corrected chi connectivity index (χ1v) is 8.84. The Morgan fingerprint density at radius 1 is 1.21 bits per heavy atom. The molecule has 2 rings (SSSR count). The molecule has 1 N–H and O–H groups in total. The predicted molar refractivity (Wildman–Crippen MR) is 123 cm³/mol. The molecule has 1 aromatic carbocycles. The number of carbonyl (C=O) groups is 1. The highest BCUT2D eigenvalue weighted by atomic mass is 127. The summed E-state index contributed by atoms with van der Waals surface area (Å²) in [6.45, 7) is 1.41. The average Bonchev–Trinajstić information content (AvgIpc) is 3.05. The van der Waals surface area contributed by atoms with Gasteiger partial charge < -0.3 is 24.4 Å². The molecule has 0 aliphatic rings. The topological polar surface area (TPSA) is 62.1 Å². The van der Waals surface area contributed by atoms with Crippen LogP contribution in [-0.4, -0.2) is 61.0 Å². The van der Waals surface area contributed by atoms with Crippen LogP contribution in [0.2, 0.25) is 0 Å². The van der Waals surface area contributed by atoms with Crippen LogP contribution in [-0.2, 0) is 24.9 Å². The minimum absolute atomic E-state index is 0. The van der Waals surface area contributed by atoms with E-state index < -0.39 is 0 Å². The van der Waals surface area contributed by atoms with E-state index in [1.54, 1.807) is 21.1 Å². The van der Waals surface area contributed by atoms with Crippen molar-refractivity contribution >= 4 is 35.8 Å². The predicted octanol–water partition coefficient (Wildman–Crippen LogP) is 2.32. The molecule has 2 aromatic rings. The van der Waals surface area contributed by atoms with Crippen LogP contribution in [0, 0.1) is 0 Å². The summed E-state index contributed by atoms with van der Waals surface area (Å²) in [7, 11) is 9.24. The molecule has 0 saturated carbocycles. The zero-order valence-corrected chi connectivity index (χ0v) is 19.5. The summed E-state index contributed by atoms with van der Waals surface area (Å²) in [6, 6.07) is 11.8. The summed E-state index contributed by atoms with van der Waals surface area (Å²) in [5.41, 5.74) is 2.26. The zero-order chi connectivity index (χ0) is 19.8. The second-order valence-corrected chi connectivity index (χ2v) is 6.59. The number of aryl methyl sites for hydroxylation is 1. The Labute approximate surface area is 184 Å². The van der Waals surface area contributed by atoms with Gasteiger partial charge >= 0.3 is 0 Å². The van der Waals surface area contributed by atoms with Crippen molar-refractivity contribution in [2.75, 3.05) is 34.8 Å². The van der Waals surface area contributed by atoms with E-state index in [-0.39, 0.29) is 36.5 Å². The van der Waals surface area contributed by atoms with E-state index in [9.17, 15) is 4.79 Å². The number of carbonyl (C=O) groups excluding carboxylic acids is 1. The third-order valence-corrected chi connectivity index (χ3v) is 4.23. The van der Waals surface area contributed by atoms with Gasteiger partial charge in [0, 0.05) is 53.7 Å². The SMILES string of the molecule is CN=C(NCc1cccc(OCC(=O)N(C)C)c1)N(C)Cc1cccn1C.I. The smallest absolute Gasteiger partial charge is 0.259 e. The summed E-state index contributed by atoms with van der Waals surface area (Å²) >= 11 is 0. The Morgan fingerprint density at radius 3 is 2.57 bits per heavy atom. The van der Waals surface area contributed by atoms with Crippen LogP contribution in [0.25, 0.3) is 0 Å². The highest BCUT2D eigenvalue weighted by Crippen LogP contribution is 2.13. The molecule has 1 heterocycles. The summed E-state index contributed by atoms with van der Waals surface area (Å²) in [5.74, 6) is 1.42. The Bertz CT molecular complexity index is 788. The van der Waals surface area contributed by atoms with Gasteiger partial charge in [-0.2, -0.15) is 0 Å². The number of aromatic nitrogens is 1. The molecule has 0 aliphatic carbocycles. The standard InChI is InChI=1S/C20H29N5O2.HI/c1-21-20(25(5)14-17-9-7-11-24(17)4)22-13-16-8-6-10-18(12-16)27-15-19(26)23(2)3;/h6-12H,13-15H2,1-5H3,(H,21,22);1H. The number of guanidine groups is 1. The van der Waals surface area contributed by atoms with Gasteiger partial charge in [0.1, 0.15) is 5.75 Å². The van der Waals surface area contributed by atoms with Gasteiger partial charge in [0.05, 0.1) is 6.54 Å². The van der Waals surface area contributed by atoms with Gasteiger partial charge in [-0.3, -0.25) is 9.79 Å². The number of benzene rings is 1. The number of aliphatic imine (C=N–C) groups is 1. The molecule has 0 bridgehead atoms. The van der Waals surface area contributed by atoms with E-state index in [1.807, 2.05) is 50.6 Å². The molecule has 0 aliphatic heterocycles. The third-order valence-electron chi connectivity index (χ3n) is 4.23. The summed E-state index contributed by atoms with van der Waals surface area (Å²) in [6.07, 6.45) is 2.03. The third kappa shape index (κ3) is 7.06. The van der Waals surface area contributed by atoms with Crippen molar-refractivity contribution in [1.29, 1.82) is 0 Å². The molecule has 7 nitrogen and oxygen atoms in total. The van der Waals surface area contributed by atoms with Crippen molar-refractivity contribution in [1.82, 2.24) is 19.7 Å². The first-order valence-electron chi connectivity index (χ1n) is 8.84.